The molecule has 8 nitrogen and oxygen atoms in total. The van der Waals surface area contributed by atoms with Crippen LogP contribution in [0, 0.1) is 0 Å². The van der Waals surface area contributed by atoms with Gasteiger partial charge < -0.3 is 31.2 Å². The fourth-order valence-corrected chi connectivity index (χ4v) is 2.64. The van der Waals surface area contributed by atoms with Crippen molar-refractivity contribution in [3.05, 3.63) is 59.2 Å². The minimum absolute atomic E-state index is 0.199. The molecule has 2 aromatic rings. The van der Waals surface area contributed by atoms with E-state index in [4.69, 9.17) is 31.2 Å². The van der Waals surface area contributed by atoms with Gasteiger partial charge in [0.15, 0.2) is 0 Å². The van der Waals surface area contributed by atoms with Crippen LogP contribution < -0.4 is 20.9 Å². The first kappa shape index (κ1) is 21.2. The van der Waals surface area contributed by atoms with E-state index in [9.17, 15) is 9.59 Å². The summed E-state index contributed by atoms with van der Waals surface area (Å²) < 4.78 is 11.1. The Hall–Kier alpha value is -3.10. The zero-order valence-corrected chi connectivity index (χ0v) is 15.5. The number of rotatable bonds is 10. The number of ether oxygens (including phenoxy) is 2. The van der Waals surface area contributed by atoms with Crippen molar-refractivity contribution < 1.29 is 29.3 Å². The Morgan fingerprint density at radius 1 is 0.929 bits per heavy atom. The number of aliphatic carboxylic acids is 2. The molecule has 0 heterocycles. The van der Waals surface area contributed by atoms with E-state index in [0.717, 1.165) is 16.7 Å². The predicted octanol–water partition coefficient (Wildman–Crippen LogP) is 1.18. The molecule has 0 spiro atoms. The van der Waals surface area contributed by atoms with Crippen LogP contribution in [0.1, 0.15) is 16.7 Å². The second-order valence-corrected chi connectivity index (χ2v) is 6.38. The molecule has 6 N–H and O–H groups in total. The molecule has 2 aromatic carbocycles. The zero-order valence-electron chi connectivity index (χ0n) is 15.5. The van der Waals surface area contributed by atoms with Crippen LogP contribution in [0.5, 0.6) is 11.5 Å². The Morgan fingerprint density at radius 3 is 2.00 bits per heavy atom. The Balaban J connectivity index is 2.04. The SMILES string of the molecule is COc1ccc(CC(N)C(=O)O)cc1COc1ccc(CC(N)C(=O)O)cc1. The van der Waals surface area contributed by atoms with Crippen molar-refractivity contribution in [2.75, 3.05) is 7.11 Å². The van der Waals surface area contributed by atoms with Gasteiger partial charge in [0.05, 0.1) is 7.11 Å². The van der Waals surface area contributed by atoms with Gasteiger partial charge in [0, 0.05) is 5.56 Å². The molecular formula is C20H24N2O6. The zero-order chi connectivity index (χ0) is 20.7. The molecule has 0 fully saturated rings. The molecule has 0 radical (unpaired) electrons. The monoisotopic (exact) mass is 388 g/mol. The van der Waals surface area contributed by atoms with E-state index >= 15 is 0 Å². The summed E-state index contributed by atoms with van der Waals surface area (Å²) >= 11 is 0. The summed E-state index contributed by atoms with van der Waals surface area (Å²) in [6.45, 7) is 0.216. The van der Waals surface area contributed by atoms with E-state index in [2.05, 4.69) is 0 Å². The van der Waals surface area contributed by atoms with Crippen LogP contribution in [0.15, 0.2) is 42.5 Å². The smallest absolute Gasteiger partial charge is 0.320 e. The number of carboxylic acid groups (broad SMARTS) is 2. The van der Waals surface area contributed by atoms with Crippen LogP contribution in [-0.2, 0) is 29.0 Å². The Bertz CT molecular complexity index is 822. The summed E-state index contributed by atoms with van der Waals surface area (Å²) in [7, 11) is 1.54. The molecule has 2 unspecified atom stereocenters. The molecule has 0 aliphatic rings. The molecule has 2 atom stereocenters. The lowest BCUT2D eigenvalue weighted by molar-refractivity contribution is -0.139. The van der Waals surface area contributed by atoms with Crippen LogP contribution >= 0.6 is 0 Å². The molecule has 0 aliphatic carbocycles. The first-order valence-electron chi connectivity index (χ1n) is 8.64. The number of carboxylic acids is 2. The fourth-order valence-electron chi connectivity index (χ4n) is 2.64. The molecule has 28 heavy (non-hydrogen) atoms. The van der Waals surface area contributed by atoms with Crippen molar-refractivity contribution >= 4 is 11.9 Å². The Kier molecular flexibility index (Phi) is 7.36. The second-order valence-electron chi connectivity index (χ2n) is 6.38. The van der Waals surface area contributed by atoms with Gasteiger partial charge in [-0.25, -0.2) is 0 Å². The maximum absolute atomic E-state index is 10.9. The van der Waals surface area contributed by atoms with E-state index in [1.54, 1.807) is 43.5 Å². The molecule has 150 valence electrons. The van der Waals surface area contributed by atoms with Gasteiger partial charge in [-0.3, -0.25) is 9.59 Å². The largest absolute Gasteiger partial charge is 0.496 e. The van der Waals surface area contributed by atoms with Crippen LogP contribution in [0.3, 0.4) is 0 Å². The second kappa shape index (κ2) is 9.72. The van der Waals surface area contributed by atoms with Crippen LogP contribution in [0.25, 0.3) is 0 Å². The van der Waals surface area contributed by atoms with Crippen molar-refractivity contribution in [2.24, 2.45) is 11.5 Å². The molecule has 0 saturated heterocycles. The normalized spacial score (nSPS) is 12.8. The average molecular weight is 388 g/mol. The van der Waals surface area contributed by atoms with Crippen LogP contribution in [0.4, 0.5) is 0 Å². The van der Waals surface area contributed by atoms with Gasteiger partial charge in [-0.1, -0.05) is 18.2 Å². The van der Waals surface area contributed by atoms with Gasteiger partial charge >= 0.3 is 11.9 Å². The molecule has 0 aliphatic heterocycles. The lowest BCUT2D eigenvalue weighted by Crippen LogP contribution is -2.32. The number of carbonyl (C=O) groups is 2. The van der Waals surface area contributed by atoms with Crippen molar-refractivity contribution in [3.63, 3.8) is 0 Å². The third-order valence-electron chi connectivity index (χ3n) is 4.21. The van der Waals surface area contributed by atoms with E-state index in [-0.39, 0.29) is 19.4 Å². The fraction of sp³-hybridized carbons (Fsp3) is 0.300. The third-order valence-corrected chi connectivity index (χ3v) is 4.21. The number of methoxy groups -OCH3 is 1. The standard InChI is InChI=1S/C20H24N2O6/c1-27-18-7-4-13(10-17(22)20(25)26)8-14(18)11-28-15-5-2-12(3-6-15)9-16(21)19(23)24/h2-8,16-17H,9-11,21-22H2,1H3,(H,23,24)(H,25,26). The lowest BCUT2D eigenvalue weighted by atomic mass is 10.0. The van der Waals surface area contributed by atoms with Gasteiger partial charge in [0.2, 0.25) is 0 Å². The van der Waals surface area contributed by atoms with E-state index in [0.29, 0.717) is 11.5 Å². The summed E-state index contributed by atoms with van der Waals surface area (Å²) in [5.41, 5.74) is 13.4. The van der Waals surface area contributed by atoms with Crippen LogP contribution in [-0.4, -0.2) is 41.3 Å². The van der Waals surface area contributed by atoms with Crippen LogP contribution in [0.2, 0.25) is 0 Å². The van der Waals surface area contributed by atoms with Crippen molar-refractivity contribution in [1.29, 1.82) is 0 Å². The molecular weight excluding hydrogens is 364 g/mol. The molecule has 0 aromatic heterocycles. The summed E-state index contributed by atoms with van der Waals surface area (Å²) in [6.07, 6.45) is 0.431. The molecule has 8 heteroatoms. The van der Waals surface area contributed by atoms with Gasteiger partial charge in [-0.2, -0.15) is 0 Å². The maximum Gasteiger partial charge on any atom is 0.320 e. The summed E-state index contributed by atoms with van der Waals surface area (Å²) in [4.78, 5) is 21.8. The molecule has 0 bridgehead atoms. The van der Waals surface area contributed by atoms with E-state index in [1.807, 2.05) is 6.07 Å². The molecule has 0 amide bonds. The highest BCUT2D eigenvalue weighted by molar-refractivity contribution is 5.74. The van der Waals surface area contributed by atoms with E-state index in [1.165, 1.54) is 0 Å². The minimum atomic E-state index is -1.06. The minimum Gasteiger partial charge on any atom is -0.496 e. The highest BCUT2D eigenvalue weighted by Crippen LogP contribution is 2.23. The quantitative estimate of drug-likeness (QED) is 0.475. The number of hydrogen-bond acceptors (Lipinski definition) is 6. The topological polar surface area (TPSA) is 145 Å². The molecule has 2 rings (SSSR count). The first-order chi connectivity index (χ1) is 13.3. The summed E-state index contributed by atoms with van der Waals surface area (Å²) in [5.74, 6) is -0.884. The number of nitrogens with two attached hydrogens (primary N) is 2. The third kappa shape index (κ3) is 5.97. The van der Waals surface area contributed by atoms with E-state index < -0.39 is 24.0 Å². The number of benzene rings is 2. The Labute approximate surface area is 162 Å². The highest BCUT2D eigenvalue weighted by Gasteiger charge is 2.14. The molecule has 0 saturated carbocycles. The van der Waals surface area contributed by atoms with Gasteiger partial charge in [-0.05, 0) is 48.2 Å². The lowest BCUT2D eigenvalue weighted by Gasteiger charge is -2.14. The van der Waals surface area contributed by atoms with Crippen molar-refractivity contribution in [2.45, 2.75) is 31.5 Å². The van der Waals surface area contributed by atoms with Gasteiger partial charge in [0.1, 0.15) is 30.2 Å². The van der Waals surface area contributed by atoms with Gasteiger partial charge in [-0.15, -0.1) is 0 Å². The maximum atomic E-state index is 10.9. The number of hydrogen-bond donors (Lipinski definition) is 4. The highest BCUT2D eigenvalue weighted by atomic mass is 16.5. The summed E-state index contributed by atoms with van der Waals surface area (Å²) in [5, 5.41) is 17.8. The Morgan fingerprint density at radius 2 is 1.46 bits per heavy atom. The first-order valence-corrected chi connectivity index (χ1v) is 8.64. The van der Waals surface area contributed by atoms with Gasteiger partial charge in [0.25, 0.3) is 0 Å². The average Bonchev–Trinajstić information content (AvgIpc) is 2.67. The summed E-state index contributed by atoms with van der Waals surface area (Å²) in [6, 6.07) is 10.4. The predicted molar refractivity (Wildman–Crippen MR) is 102 cm³/mol. The van der Waals surface area contributed by atoms with Crippen molar-refractivity contribution in [3.8, 4) is 11.5 Å². The van der Waals surface area contributed by atoms with Crippen molar-refractivity contribution in [1.82, 2.24) is 0 Å².